The predicted octanol–water partition coefficient (Wildman–Crippen LogP) is 3.66. The lowest BCUT2D eigenvalue weighted by molar-refractivity contribution is -0.153. The van der Waals surface area contributed by atoms with Crippen molar-refractivity contribution in [2.45, 2.75) is 31.9 Å². The van der Waals surface area contributed by atoms with Crippen molar-refractivity contribution in [3.05, 3.63) is 29.8 Å². The Labute approximate surface area is 117 Å². The van der Waals surface area contributed by atoms with Crippen LogP contribution in [0, 0.1) is 0 Å². The summed E-state index contributed by atoms with van der Waals surface area (Å²) >= 11 is 0. The summed E-state index contributed by atoms with van der Waals surface area (Å²) in [6.07, 6.45) is 0.351. The average Bonchev–Trinajstić information content (AvgIpc) is 2.90. The number of nitrogens with zero attached hydrogens (tertiary/aromatic N) is 1. The second-order valence-corrected chi connectivity index (χ2v) is 5.20. The summed E-state index contributed by atoms with van der Waals surface area (Å²) in [7, 11) is 0. The molecule has 1 fully saturated rings. The van der Waals surface area contributed by atoms with Gasteiger partial charge in [-0.2, -0.15) is 13.2 Å². The molecule has 2 nitrogen and oxygen atoms in total. The number of benzene rings is 1. The molecule has 0 aliphatic carbocycles. The smallest absolute Gasteiger partial charge is 0.422 e. The van der Waals surface area contributed by atoms with E-state index in [0.717, 1.165) is 24.9 Å². The van der Waals surface area contributed by atoms with Gasteiger partial charge in [0.1, 0.15) is 5.75 Å². The first-order valence-corrected chi connectivity index (χ1v) is 7.04. The van der Waals surface area contributed by atoms with E-state index in [9.17, 15) is 13.2 Å². The van der Waals surface area contributed by atoms with Crippen molar-refractivity contribution in [3.63, 3.8) is 0 Å². The highest BCUT2D eigenvalue weighted by atomic mass is 19.4. The fourth-order valence-corrected chi connectivity index (χ4v) is 2.43. The fraction of sp³-hybridized carbons (Fsp3) is 0.600. The lowest BCUT2D eigenvalue weighted by Gasteiger charge is -2.14. The number of likely N-dealkylation sites (tertiary alicyclic amines) is 1. The maximum absolute atomic E-state index is 12.0. The van der Waals surface area contributed by atoms with Crippen molar-refractivity contribution in [2.75, 3.05) is 26.2 Å². The molecule has 0 spiro atoms. The van der Waals surface area contributed by atoms with Crippen LogP contribution in [0.1, 0.15) is 24.8 Å². The van der Waals surface area contributed by atoms with Crippen molar-refractivity contribution >= 4 is 0 Å². The Bertz CT molecular complexity index is 397. The molecule has 5 heteroatoms. The van der Waals surface area contributed by atoms with Crippen LogP contribution in [0.2, 0.25) is 0 Å². The molecule has 1 aliphatic heterocycles. The summed E-state index contributed by atoms with van der Waals surface area (Å²) in [5.41, 5.74) is 1.14. The number of hydrogen-bond donors (Lipinski definition) is 0. The highest BCUT2D eigenvalue weighted by molar-refractivity contribution is 5.27. The molecule has 0 atom stereocenters. The van der Waals surface area contributed by atoms with E-state index in [1.54, 1.807) is 12.1 Å². The highest BCUT2D eigenvalue weighted by Crippen LogP contribution is 2.19. The van der Waals surface area contributed by atoms with Gasteiger partial charge in [-0.15, -0.1) is 0 Å². The average molecular weight is 287 g/mol. The third kappa shape index (κ3) is 5.41. The zero-order valence-corrected chi connectivity index (χ0v) is 11.5. The SMILES string of the molecule is FC(F)(F)COc1ccc(CCCN2CCCC2)cc1. The largest absolute Gasteiger partial charge is 0.484 e. The van der Waals surface area contributed by atoms with Gasteiger partial charge in [-0.1, -0.05) is 12.1 Å². The summed E-state index contributed by atoms with van der Waals surface area (Å²) < 4.78 is 40.7. The molecule has 0 saturated carbocycles. The van der Waals surface area contributed by atoms with E-state index in [1.165, 1.54) is 25.9 Å². The number of hydrogen-bond acceptors (Lipinski definition) is 2. The van der Waals surface area contributed by atoms with Crippen molar-refractivity contribution in [2.24, 2.45) is 0 Å². The first-order chi connectivity index (χ1) is 9.53. The molecule has 0 unspecified atom stereocenters. The minimum atomic E-state index is -4.28. The molecular weight excluding hydrogens is 267 g/mol. The van der Waals surface area contributed by atoms with Crippen LogP contribution >= 0.6 is 0 Å². The Morgan fingerprint density at radius 3 is 2.30 bits per heavy atom. The summed E-state index contributed by atoms with van der Waals surface area (Å²) in [6, 6.07) is 6.90. The molecule has 2 rings (SSSR count). The van der Waals surface area contributed by atoms with E-state index in [1.807, 2.05) is 12.1 Å². The van der Waals surface area contributed by atoms with E-state index in [-0.39, 0.29) is 5.75 Å². The Morgan fingerprint density at radius 2 is 1.70 bits per heavy atom. The van der Waals surface area contributed by atoms with E-state index in [0.29, 0.717) is 0 Å². The van der Waals surface area contributed by atoms with Gasteiger partial charge in [0.25, 0.3) is 0 Å². The molecule has 1 aliphatic rings. The lowest BCUT2D eigenvalue weighted by Crippen LogP contribution is -2.20. The number of rotatable bonds is 6. The van der Waals surface area contributed by atoms with Crippen LogP contribution in [0.5, 0.6) is 5.75 Å². The summed E-state index contributed by atoms with van der Waals surface area (Å²) in [5.74, 6) is 0.269. The standard InChI is InChI=1S/C15H20F3NO/c16-15(17,18)12-20-14-7-5-13(6-8-14)4-3-11-19-9-1-2-10-19/h5-8H,1-4,9-12H2. The normalized spacial score (nSPS) is 16.6. The second kappa shape index (κ2) is 6.97. The van der Waals surface area contributed by atoms with E-state index in [2.05, 4.69) is 9.64 Å². The van der Waals surface area contributed by atoms with Crippen molar-refractivity contribution in [1.29, 1.82) is 0 Å². The minimum absolute atomic E-state index is 0.269. The van der Waals surface area contributed by atoms with Gasteiger partial charge in [-0.05, 0) is 63.0 Å². The van der Waals surface area contributed by atoms with Gasteiger partial charge in [0.2, 0.25) is 0 Å². The van der Waals surface area contributed by atoms with E-state index < -0.39 is 12.8 Å². The highest BCUT2D eigenvalue weighted by Gasteiger charge is 2.28. The first kappa shape index (κ1) is 15.2. The quantitative estimate of drug-likeness (QED) is 0.792. The zero-order valence-electron chi connectivity index (χ0n) is 11.5. The van der Waals surface area contributed by atoms with Crippen molar-refractivity contribution in [1.82, 2.24) is 4.90 Å². The van der Waals surface area contributed by atoms with Crippen LogP contribution in [-0.4, -0.2) is 37.3 Å². The zero-order chi connectivity index (χ0) is 14.4. The molecule has 0 aromatic heterocycles. The summed E-state index contributed by atoms with van der Waals surface area (Å²) in [4.78, 5) is 2.46. The van der Waals surface area contributed by atoms with Crippen LogP contribution in [0.15, 0.2) is 24.3 Å². The van der Waals surface area contributed by atoms with Crippen LogP contribution < -0.4 is 4.74 Å². The van der Waals surface area contributed by atoms with Crippen LogP contribution in [0.4, 0.5) is 13.2 Å². The van der Waals surface area contributed by atoms with E-state index >= 15 is 0 Å². The minimum Gasteiger partial charge on any atom is -0.484 e. The van der Waals surface area contributed by atoms with Crippen LogP contribution in [-0.2, 0) is 6.42 Å². The Balaban J connectivity index is 1.70. The van der Waals surface area contributed by atoms with Gasteiger partial charge in [-0.25, -0.2) is 0 Å². The molecule has 0 amide bonds. The molecule has 0 radical (unpaired) electrons. The number of alkyl halides is 3. The third-order valence-corrected chi connectivity index (χ3v) is 3.46. The van der Waals surface area contributed by atoms with Gasteiger partial charge in [-0.3, -0.25) is 0 Å². The monoisotopic (exact) mass is 287 g/mol. The molecule has 1 saturated heterocycles. The summed E-state index contributed by atoms with van der Waals surface area (Å²) in [5, 5.41) is 0. The number of ether oxygens (including phenoxy) is 1. The lowest BCUT2D eigenvalue weighted by atomic mass is 10.1. The molecule has 0 N–H and O–H groups in total. The summed E-state index contributed by atoms with van der Waals surface area (Å²) in [6.45, 7) is 2.27. The topological polar surface area (TPSA) is 12.5 Å². The Hall–Kier alpha value is -1.23. The second-order valence-electron chi connectivity index (χ2n) is 5.20. The van der Waals surface area contributed by atoms with Gasteiger partial charge in [0.15, 0.2) is 6.61 Å². The molecule has 1 aromatic rings. The number of aryl methyl sites for hydroxylation is 1. The van der Waals surface area contributed by atoms with E-state index in [4.69, 9.17) is 0 Å². The molecule has 20 heavy (non-hydrogen) atoms. The Kier molecular flexibility index (Phi) is 5.29. The molecule has 112 valence electrons. The van der Waals surface area contributed by atoms with Gasteiger partial charge in [0, 0.05) is 0 Å². The molecule has 1 heterocycles. The van der Waals surface area contributed by atoms with Crippen LogP contribution in [0.3, 0.4) is 0 Å². The number of halogens is 3. The van der Waals surface area contributed by atoms with Gasteiger partial charge >= 0.3 is 6.18 Å². The molecule has 1 aromatic carbocycles. The first-order valence-electron chi connectivity index (χ1n) is 7.04. The maximum Gasteiger partial charge on any atom is 0.422 e. The Morgan fingerprint density at radius 1 is 1.05 bits per heavy atom. The third-order valence-electron chi connectivity index (χ3n) is 3.46. The van der Waals surface area contributed by atoms with Crippen molar-refractivity contribution < 1.29 is 17.9 Å². The van der Waals surface area contributed by atoms with Gasteiger partial charge < -0.3 is 9.64 Å². The molecular formula is C15H20F3NO. The van der Waals surface area contributed by atoms with Crippen molar-refractivity contribution in [3.8, 4) is 5.75 Å². The van der Waals surface area contributed by atoms with Gasteiger partial charge in [0.05, 0.1) is 0 Å². The molecule has 0 bridgehead atoms. The fourth-order valence-electron chi connectivity index (χ4n) is 2.43. The predicted molar refractivity (Wildman–Crippen MR) is 72.0 cm³/mol. The van der Waals surface area contributed by atoms with Crippen LogP contribution in [0.25, 0.3) is 0 Å². The maximum atomic E-state index is 12.0.